The smallest absolute Gasteiger partial charge is 0.128 e. The Kier molecular flexibility index (Phi) is 4.26. The first-order chi connectivity index (χ1) is 10.8. The Morgan fingerprint density at radius 1 is 1.05 bits per heavy atom. The van der Waals surface area contributed by atoms with Gasteiger partial charge in [-0.3, -0.25) is 5.43 Å². The van der Waals surface area contributed by atoms with Gasteiger partial charge >= 0.3 is 0 Å². The van der Waals surface area contributed by atoms with Crippen LogP contribution in [0.2, 0.25) is 5.02 Å². The third-order valence-electron chi connectivity index (χ3n) is 3.36. The summed E-state index contributed by atoms with van der Waals surface area (Å²) in [6, 6.07) is 19.5. The Morgan fingerprint density at radius 2 is 1.91 bits per heavy atom. The predicted octanol–water partition coefficient (Wildman–Crippen LogP) is 4.95. The predicted molar refractivity (Wildman–Crippen MR) is 93.2 cm³/mol. The Bertz CT molecular complexity index is 830. The maximum absolute atomic E-state index is 5.95. The number of halogens is 1. The van der Waals surface area contributed by atoms with Crippen molar-refractivity contribution in [3.63, 3.8) is 0 Å². The third-order valence-corrected chi connectivity index (χ3v) is 3.60. The summed E-state index contributed by atoms with van der Waals surface area (Å²) in [4.78, 5) is 0. The zero-order valence-electron chi connectivity index (χ0n) is 12.1. The standard InChI is InChI=1S/C18H15ClN2O/c1-22-18-10-9-13-5-2-3-8-16(13)17(18)12-20-21-15-7-4-6-14(19)11-15/h2-12,21H,1H3. The second-order valence-electron chi connectivity index (χ2n) is 4.78. The number of nitrogens with one attached hydrogen (secondary N) is 1. The van der Waals surface area contributed by atoms with Crippen LogP contribution in [-0.2, 0) is 0 Å². The molecule has 0 fully saturated rings. The first-order valence-electron chi connectivity index (χ1n) is 6.88. The van der Waals surface area contributed by atoms with Crippen LogP contribution >= 0.6 is 11.6 Å². The van der Waals surface area contributed by atoms with E-state index < -0.39 is 0 Å². The van der Waals surface area contributed by atoms with E-state index in [4.69, 9.17) is 16.3 Å². The SMILES string of the molecule is COc1ccc2ccccc2c1C=NNc1cccc(Cl)c1. The van der Waals surface area contributed by atoms with Gasteiger partial charge in [-0.25, -0.2) is 0 Å². The topological polar surface area (TPSA) is 33.6 Å². The van der Waals surface area contributed by atoms with Crippen molar-refractivity contribution in [3.05, 3.63) is 71.2 Å². The van der Waals surface area contributed by atoms with Crippen molar-refractivity contribution in [3.8, 4) is 5.75 Å². The van der Waals surface area contributed by atoms with E-state index in [0.29, 0.717) is 5.02 Å². The molecule has 0 spiro atoms. The minimum Gasteiger partial charge on any atom is -0.496 e. The molecule has 3 aromatic rings. The van der Waals surface area contributed by atoms with Crippen molar-refractivity contribution in [1.29, 1.82) is 0 Å². The normalized spacial score (nSPS) is 11.0. The molecule has 0 saturated carbocycles. The molecule has 3 rings (SSSR count). The summed E-state index contributed by atoms with van der Waals surface area (Å²) >= 11 is 5.95. The maximum atomic E-state index is 5.95. The lowest BCUT2D eigenvalue weighted by Crippen LogP contribution is -1.95. The van der Waals surface area contributed by atoms with Gasteiger partial charge in [-0.05, 0) is 35.0 Å². The first kappa shape index (κ1) is 14.4. The van der Waals surface area contributed by atoms with Crippen molar-refractivity contribution < 1.29 is 4.74 Å². The highest BCUT2D eigenvalue weighted by atomic mass is 35.5. The lowest BCUT2D eigenvalue weighted by molar-refractivity contribution is 0.415. The molecule has 0 heterocycles. The lowest BCUT2D eigenvalue weighted by atomic mass is 10.0. The number of fused-ring (bicyclic) bond motifs is 1. The quantitative estimate of drug-likeness (QED) is 0.546. The van der Waals surface area contributed by atoms with Crippen molar-refractivity contribution >= 4 is 34.3 Å². The van der Waals surface area contributed by atoms with Crippen LogP contribution in [0.3, 0.4) is 0 Å². The van der Waals surface area contributed by atoms with Crippen LogP contribution in [0.4, 0.5) is 5.69 Å². The van der Waals surface area contributed by atoms with Crippen LogP contribution in [0.25, 0.3) is 10.8 Å². The van der Waals surface area contributed by atoms with E-state index in [1.165, 1.54) is 0 Å². The van der Waals surface area contributed by atoms with Crippen molar-refractivity contribution in [2.45, 2.75) is 0 Å². The number of nitrogens with zero attached hydrogens (tertiary/aromatic N) is 1. The molecule has 0 aliphatic heterocycles. The Morgan fingerprint density at radius 3 is 2.73 bits per heavy atom. The maximum Gasteiger partial charge on any atom is 0.128 e. The van der Waals surface area contributed by atoms with Gasteiger partial charge in [-0.15, -0.1) is 0 Å². The molecule has 0 aromatic heterocycles. The molecular weight excluding hydrogens is 296 g/mol. The molecule has 22 heavy (non-hydrogen) atoms. The third kappa shape index (κ3) is 3.05. The Labute approximate surface area is 134 Å². The highest BCUT2D eigenvalue weighted by molar-refractivity contribution is 6.30. The van der Waals surface area contributed by atoms with E-state index in [1.807, 2.05) is 48.5 Å². The van der Waals surface area contributed by atoms with Gasteiger partial charge in [0.1, 0.15) is 5.75 Å². The minimum absolute atomic E-state index is 0.669. The van der Waals surface area contributed by atoms with Gasteiger partial charge in [-0.2, -0.15) is 5.10 Å². The summed E-state index contributed by atoms with van der Waals surface area (Å²) in [6.45, 7) is 0. The summed E-state index contributed by atoms with van der Waals surface area (Å²) < 4.78 is 5.44. The van der Waals surface area contributed by atoms with Crippen LogP contribution in [0.15, 0.2) is 65.8 Å². The highest BCUT2D eigenvalue weighted by Crippen LogP contribution is 2.26. The van der Waals surface area contributed by atoms with Crippen LogP contribution in [-0.4, -0.2) is 13.3 Å². The molecule has 0 saturated heterocycles. The fourth-order valence-electron chi connectivity index (χ4n) is 2.32. The van der Waals surface area contributed by atoms with Crippen molar-refractivity contribution in [1.82, 2.24) is 0 Å². The Hall–Kier alpha value is -2.52. The van der Waals surface area contributed by atoms with Crippen molar-refractivity contribution in [2.75, 3.05) is 12.5 Å². The van der Waals surface area contributed by atoms with Crippen LogP contribution in [0.5, 0.6) is 5.75 Å². The molecule has 110 valence electrons. The fraction of sp³-hybridized carbons (Fsp3) is 0.0556. The van der Waals surface area contributed by atoms with Gasteiger partial charge in [0.25, 0.3) is 0 Å². The molecule has 0 unspecified atom stereocenters. The molecule has 4 heteroatoms. The number of hydrazone groups is 1. The summed E-state index contributed by atoms with van der Waals surface area (Å²) in [7, 11) is 1.66. The van der Waals surface area contributed by atoms with Gasteiger partial charge in [0, 0.05) is 10.6 Å². The molecule has 3 nitrogen and oxygen atoms in total. The molecule has 0 aliphatic carbocycles. The molecule has 0 amide bonds. The number of hydrogen-bond donors (Lipinski definition) is 1. The summed E-state index contributed by atoms with van der Waals surface area (Å²) in [5, 5.41) is 7.21. The number of ether oxygens (including phenoxy) is 1. The van der Waals surface area contributed by atoms with Gasteiger partial charge in [0.15, 0.2) is 0 Å². The minimum atomic E-state index is 0.669. The summed E-state index contributed by atoms with van der Waals surface area (Å²) in [5.41, 5.74) is 4.76. The first-order valence-corrected chi connectivity index (χ1v) is 7.26. The van der Waals surface area contributed by atoms with Crippen LogP contribution < -0.4 is 10.2 Å². The summed E-state index contributed by atoms with van der Waals surface area (Å²) in [6.07, 6.45) is 1.77. The lowest BCUT2D eigenvalue weighted by Gasteiger charge is -2.08. The second kappa shape index (κ2) is 6.50. The number of benzene rings is 3. The number of hydrogen-bond acceptors (Lipinski definition) is 3. The highest BCUT2D eigenvalue weighted by Gasteiger charge is 2.05. The number of rotatable bonds is 4. The number of anilines is 1. The van der Waals surface area contributed by atoms with E-state index in [2.05, 4.69) is 22.7 Å². The van der Waals surface area contributed by atoms with Crippen LogP contribution in [0.1, 0.15) is 5.56 Å². The average Bonchev–Trinajstić information content (AvgIpc) is 2.55. The van der Waals surface area contributed by atoms with Gasteiger partial charge in [-0.1, -0.05) is 48.0 Å². The van der Waals surface area contributed by atoms with Gasteiger partial charge in [0.05, 0.1) is 19.0 Å². The molecular formula is C18H15ClN2O. The largest absolute Gasteiger partial charge is 0.496 e. The molecule has 0 bridgehead atoms. The van der Waals surface area contributed by atoms with Gasteiger partial charge in [0.2, 0.25) is 0 Å². The monoisotopic (exact) mass is 310 g/mol. The Balaban J connectivity index is 1.93. The van der Waals surface area contributed by atoms with E-state index in [-0.39, 0.29) is 0 Å². The number of methoxy groups -OCH3 is 1. The van der Waals surface area contributed by atoms with Crippen molar-refractivity contribution in [2.24, 2.45) is 5.10 Å². The summed E-state index contributed by atoms with van der Waals surface area (Å²) in [5.74, 6) is 0.787. The average molecular weight is 311 g/mol. The van der Waals surface area contributed by atoms with E-state index >= 15 is 0 Å². The van der Waals surface area contributed by atoms with E-state index in [9.17, 15) is 0 Å². The molecule has 0 aliphatic rings. The fourth-order valence-corrected chi connectivity index (χ4v) is 2.51. The molecule has 0 atom stereocenters. The molecule has 1 N–H and O–H groups in total. The second-order valence-corrected chi connectivity index (χ2v) is 5.22. The van der Waals surface area contributed by atoms with E-state index in [1.54, 1.807) is 13.3 Å². The molecule has 0 radical (unpaired) electrons. The zero-order chi connectivity index (χ0) is 15.4. The molecule has 3 aromatic carbocycles. The van der Waals surface area contributed by atoms with Crippen LogP contribution in [0, 0.1) is 0 Å². The van der Waals surface area contributed by atoms with E-state index in [0.717, 1.165) is 27.8 Å². The zero-order valence-corrected chi connectivity index (χ0v) is 12.8. The van der Waals surface area contributed by atoms with Gasteiger partial charge < -0.3 is 4.74 Å².